The first-order chi connectivity index (χ1) is 10.2. The number of halogens is 1. The third kappa shape index (κ3) is 3.47. The van der Waals surface area contributed by atoms with Crippen LogP contribution in [0.2, 0.25) is 5.28 Å². The summed E-state index contributed by atoms with van der Waals surface area (Å²) in [5.41, 5.74) is 0. The number of nitrogens with one attached hydrogen (secondary N) is 1. The van der Waals surface area contributed by atoms with Crippen LogP contribution in [0.3, 0.4) is 0 Å². The summed E-state index contributed by atoms with van der Waals surface area (Å²) in [6.45, 7) is 2.17. The van der Waals surface area contributed by atoms with Crippen molar-refractivity contribution in [3.8, 4) is 5.95 Å². The lowest BCUT2D eigenvalue weighted by atomic mass is 9.85. The Kier molecular flexibility index (Phi) is 4.28. The van der Waals surface area contributed by atoms with E-state index < -0.39 is 0 Å². The first-order valence-corrected chi connectivity index (χ1v) is 7.63. The van der Waals surface area contributed by atoms with Gasteiger partial charge in [-0.1, -0.05) is 19.3 Å². The molecule has 1 saturated carbocycles. The van der Waals surface area contributed by atoms with E-state index in [1.807, 2.05) is 0 Å². The molecule has 1 unspecified atom stereocenters. The van der Waals surface area contributed by atoms with Crippen LogP contribution < -0.4 is 5.32 Å². The van der Waals surface area contributed by atoms with Crippen LogP contribution in [-0.4, -0.2) is 35.8 Å². The summed E-state index contributed by atoms with van der Waals surface area (Å²) >= 11 is 5.97. The van der Waals surface area contributed by atoms with Crippen LogP contribution in [0.15, 0.2) is 12.7 Å². The molecular weight excluding hydrogens is 290 g/mol. The Morgan fingerprint density at radius 2 is 2.05 bits per heavy atom. The highest BCUT2D eigenvalue weighted by Gasteiger charge is 2.21. The van der Waals surface area contributed by atoms with Gasteiger partial charge in [-0.2, -0.15) is 24.7 Å². The third-order valence-electron chi connectivity index (χ3n) is 3.93. The lowest BCUT2D eigenvalue weighted by Crippen LogP contribution is -2.28. The molecule has 0 spiro atoms. The van der Waals surface area contributed by atoms with Crippen LogP contribution in [0.1, 0.15) is 39.0 Å². The van der Waals surface area contributed by atoms with Gasteiger partial charge < -0.3 is 5.32 Å². The summed E-state index contributed by atoms with van der Waals surface area (Å²) in [4.78, 5) is 16.4. The molecule has 1 fully saturated rings. The average molecular weight is 308 g/mol. The average Bonchev–Trinajstić information content (AvgIpc) is 3.02. The molecule has 1 aliphatic carbocycles. The fourth-order valence-electron chi connectivity index (χ4n) is 2.77. The fraction of sp³-hybridized carbons (Fsp3) is 0.615. The molecule has 21 heavy (non-hydrogen) atoms. The molecule has 8 heteroatoms. The van der Waals surface area contributed by atoms with Crippen LogP contribution >= 0.6 is 11.6 Å². The van der Waals surface area contributed by atoms with Gasteiger partial charge in [0.05, 0.1) is 0 Å². The number of rotatable bonds is 4. The van der Waals surface area contributed by atoms with E-state index in [-0.39, 0.29) is 5.28 Å². The Hall–Kier alpha value is -1.76. The number of hydrogen-bond donors (Lipinski definition) is 1. The molecule has 2 aromatic heterocycles. The van der Waals surface area contributed by atoms with Gasteiger partial charge in [-0.15, -0.1) is 0 Å². The van der Waals surface area contributed by atoms with Gasteiger partial charge in [0, 0.05) is 6.04 Å². The maximum Gasteiger partial charge on any atom is 0.258 e. The van der Waals surface area contributed by atoms with Gasteiger partial charge in [0.25, 0.3) is 5.95 Å². The minimum atomic E-state index is 0.147. The molecule has 0 radical (unpaired) electrons. The summed E-state index contributed by atoms with van der Waals surface area (Å²) in [5, 5.41) is 7.50. The van der Waals surface area contributed by atoms with Gasteiger partial charge in [0.1, 0.15) is 12.7 Å². The zero-order valence-electron chi connectivity index (χ0n) is 11.9. The molecule has 2 heterocycles. The maximum atomic E-state index is 5.97. The van der Waals surface area contributed by atoms with Gasteiger partial charge in [-0.25, -0.2) is 4.98 Å². The zero-order chi connectivity index (χ0) is 14.7. The van der Waals surface area contributed by atoms with Gasteiger partial charge in [-0.05, 0) is 37.3 Å². The second-order valence-corrected chi connectivity index (χ2v) is 5.74. The van der Waals surface area contributed by atoms with E-state index in [4.69, 9.17) is 11.6 Å². The van der Waals surface area contributed by atoms with Crippen molar-refractivity contribution in [3.63, 3.8) is 0 Å². The second-order valence-electron chi connectivity index (χ2n) is 5.40. The largest absolute Gasteiger partial charge is 0.351 e. The Labute approximate surface area is 128 Å². The molecule has 0 saturated heterocycles. The Morgan fingerprint density at radius 3 is 2.76 bits per heavy atom. The van der Waals surface area contributed by atoms with E-state index in [0.717, 1.165) is 0 Å². The van der Waals surface area contributed by atoms with Gasteiger partial charge in [0.2, 0.25) is 11.2 Å². The van der Waals surface area contributed by atoms with Gasteiger partial charge in [0.15, 0.2) is 0 Å². The first-order valence-electron chi connectivity index (χ1n) is 7.25. The standard InChI is InChI=1S/C13H18ClN7/c1-9(10-5-3-2-4-6-10)17-12-18-11(14)19-13(20-12)21-8-15-7-16-21/h7-10H,2-6H2,1H3,(H,17,18,19,20). The molecule has 0 aromatic carbocycles. The minimum absolute atomic E-state index is 0.147. The topological polar surface area (TPSA) is 81.4 Å². The summed E-state index contributed by atoms with van der Waals surface area (Å²) in [6.07, 6.45) is 9.41. The predicted octanol–water partition coefficient (Wildman–Crippen LogP) is 2.49. The summed E-state index contributed by atoms with van der Waals surface area (Å²) in [7, 11) is 0. The van der Waals surface area contributed by atoms with Crippen LogP contribution in [0.5, 0.6) is 0 Å². The lowest BCUT2D eigenvalue weighted by molar-refractivity contribution is 0.327. The molecule has 0 aliphatic heterocycles. The van der Waals surface area contributed by atoms with Gasteiger partial charge in [-0.3, -0.25) is 0 Å². The quantitative estimate of drug-likeness (QED) is 0.934. The van der Waals surface area contributed by atoms with Crippen molar-refractivity contribution in [2.24, 2.45) is 5.92 Å². The molecule has 1 aliphatic rings. The minimum Gasteiger partial charge on any atom is -0.351 e. The van der Waals surface area contributed by atoms with E-state index in [0.29, 0.717) is 23.9 Å². The number of aromatic nitrogens is 6. The van der Waals surface area contributed by atoms with Crippen molar-refractivity contribution < 1.29 is 0 Å². The summed E-state index contributed by atoms with van der Waals surface area (Å²) in [5.74, 6) is 1.51. The van der Waals surface area contributed by atoms with E-state index >= 15 is 0 Å². The monoisotopic (exact) mass is 307 g/mol. The third-order valence-corrected chi connectivity index (χ3v) is 4.10. The van der Waals surface area contributed by atoms with E-state index in [1.165, 1.54) is 49.4 Å². The van der Waals surface area contributed by atoms with Crippen molar-refractivity contribution in [2.75, 3.05) is 5.32 Å². The van der Waals surface area contributed by atoms with Crippen LogP contribution in [0.4, 0.5) is 5.95 Å². The molecule has 7 nitrogen and oxygen atoms in total. The first kappa shape index (κ1) is 14.2. The Balaban J connectivity index is 1.75. The van der Waals surface area contributed by atoms with Crippen LogP contribution in [0, 0.1) is 5.92 Å². The van der Waals surface area contributed by atoms with E-state index in [1.54, 1.807) is 0 Å². The second kappa shape index (κ2) is 6.34. The highest BCUT2D eigenvalue weighted by molar-refractivity contribution is 6.28. The Morgan fingerprint density at radius 1 is 1.24 bits per heavy atom. The molecule has 0 amide bonds. The van der Waals surface area contributed by atoms with Crippen LogP contribution in [0.25, 0.3) is 5.95 Å². The van der Waals surface area contributed by atoms with Crippen LogP contribution in [-0.2, 0) is 0 Å². The molecule has 3 rings (SSSR count). The highest BCUT2D eigenvalue weighted by Crippen LogP contribution is 2.27. The summed E-state index contributed by atoms with van der Waals surface area (Å²) in [6, 6.07) is 0.312. The zero-order valence-corrected chi connectivity index (χ0v) is 12.7. The lowest BCUT2D eigenvalue weighted by Gasteiger charge is -2.28. The van der Waals surface area contributed by atoms with Gasteiger partial charge >= 0.3 is 0 Å². The molecule has 1 N–H and O–H groups in total. The van der Waals surface area contributed by atoms with E-state index in [9.17, 15) is 0 Å². The van der Waals surface area contributed by atoms with E-state index in [2.05, 4.69) is 37.3 Å². The predicted molar refractivity (Wildman–Crippen MR) is 79.4 cm³/mol. The smallest absolute Gasteiger partial charge is 0.258 e. The SMILES string of the molecule is CC(Nc1nc(Cl)nc(-n2cncn2)n1)C1CCCCC1. The normalized spacial score (nSPS) is 17.6. The summed E-state index contributed by atoms with van der Waals surface area (Å²) < 4.78 is 1.46. The highest BCUT2D eigenvalue weighted by atomic mass is 35.5. The van der Waals surface area contributed by atoms with Crippen molar-refractivity contribution >= 4 is 17.5 Å². The molecule has 112 valence electrons. The van der Waals surface area contributed by atoms with Crippen molar-refractivity contribution in [1.82, 2.24) is 29.7 Å². The van der Waals surface area contributed by atoms with Crippen molar-refractivity contribution in [3.05, 3.63) is 17.9 Å². The molecule has 1 atom stereocenters. The number of anilines is 1. The maximum absolute atomic E-state index is 5.97. The van der Waals surface area contributed by atoms with Crippen molar-refractivity contribution in [2.45, 2.75) is 45.1 Å². The Bertz CT molecular complexity index is 580. The molecule has 0 bridgehead atoms. The van der Waals surface area contributed by atoms with Crippen molar-refractivity contribution in [1.29, 1.82) is 0 Å². The molecular formula is C13H18ClN7. The number of nitrogens with zero attached hydrogens (tertiary/aromatic N) is 6. The molecule has 2 aromatic rings. The number of hydrogen-bond acceptors (Lipinski definition) is 6. The fourth-order valence-corrected chi connectivity index (χ4v) is 2.93.